The zero-order chi connectivity index (χ0) is 22.1. The molecule has 32 heavy (non-hydrogen) atoms. The first-order valence-corrected chi connectivity index (χ1v) is 12.0. The van der Waals surface area contributed by atoms with Gasteiger partial charge in [0.05, 0.1) is 0 Å². The Hall–Kier alpha value is -2.79. The largest absolute Gasteiger partial charge is 0.334 e. The molecule has 0 aliphatic heterocycles. The number of fused-ring (bicyclic) bond motifs is 5. The van der Waals surface area contributed by atoms with Crippen molar-refractivity contribution in [2.45, 2.75) is 58.3 Å². The molecule has 3 aromatic rings. The fourth-order valence-electron chi connectivity index (χ4n) is 5.58. The average molecular weight is 430 g/mol. The summed E-state index contributed by atoms with van der Waals surface area (Å²) < 4.78 is 5.36. The van der Waals surface area contributed by atoms with Crippen LogP contribution in [0.15, 0.2) is 41.2 Å². The van der Waals surface area contributed by atoms with Gasteiger partial charge in [-0.1, -0.05) is 37.2 Å². The van der Waals surface area contributed by atoms with Crippen molar-refractivity contribution in [2.75, 3.05) is 19.6 Å². The molecule has 5 heteroatoms. The minimum Gasteiger partial charge on any atom is -0.334 e. The maximum atomic E-state index is 12.5. The quantitative estimate of drug-likeness (QED) is 0.483. The van der Waals surface area contributed by atoms with E-state index in [2.05, 4.69) is 59.2 Å². The molecule has 2 aliphatic rings. The van der Waals surface area contributed by atoms with Crippen LogP contribution in [0, 0.1) is 0 Å². The first-order valence-electron chi connectivity index (χ1n) is 12.0. The molecule has 1 atom stereocenters. The van der Waals surface area contributed by atoms with Gasteiger partial charge in [-0.2, -0.15) is 4.98 Å². The zero-order valence-electron chi connectivity index (χ0n) is 19.1. The molecule has 1 aromatic heterocycles. The summed E-state index contributed by atoms with van der Waals surface area (Å²) >= 11 is 0. The van der Waals surface area contributed by atoms with E-state index < -0.39 is 0 Å². The third-order valence-electron chi connectivity index (χ3n) is 7.36. The standard InChI is InChI=1S/C27H31N3O2/c1-3-30(4-2)15-5-6-18-7-8-19-9-12-22-23(13-14-25(22)31)26(19)24-16-20(10-11-21(18)24)27-28-17-29-32-27/h9-12,16-18H,3-8,13-15H2,1-2H3. The van der Waals surface area contributed by atoms with Crippen LogP contribution in [0.1, 0.15) is 72.5 Å². The van der Waals surface area contributed by atoms with Crippen molar-refractivity contribution in [1.29, 1.82) is 0 Å². The summed E-state index contributed by atoms with van der Waals surface area (Å²) in [7, 11) is 0. The van der Waals surface area contributed by atoms with Crippen LogP contribution in [-0.4, -0.2) is 40.5 Å². The van der Waals surface area contributed by atoms with E-state index in [1.165, 1.54) is 47.0 Å². The number of nitrogens with zero attached hydrogens (tertiary/aromatic N) is 3. The van der Waals surface area contributed by atoms with Gasteiger partial charge in [-0.05, 0) is 97.6 Å². The highest BCUT2D eigenvalue weighted by Gasteiger charge is 2.30. The van der Waals surface area contributed by atoms with Gasteiger partial charge in [0.15, 0.2) is 12.1 Å². The first-order chi connectivity index (χ1) is 15.7. The minimum atomic E-state index is 0.275. The Bertz CT molecular complexity index is 1120. The third kappa shape index (κ3) is 3.79. The molecular formula is C27H31N3O2. The van der Waals surface area contributed by atoms with E-state index in [0.717, 1.165) is 50.0 Å². The molecular weight excluding hydrogens is 398 g/mol. The summed E-state index contributed by atoms with van der Waals surface area (Å²) in [6.45, 7) is 7.84. The van der Waals surface area contributed by atoms with Gasteiger partial charge in [-0.25, -0.2) is 0 Å². The van der Waals surface area contributed by atoms with Crippen molar-refractivity contribution in [3.8, 4) is 22.6 Å². The highest BCUT2D eigenvalue weighted by Crippen LogP contribution is 2.45. The predicted octanol–water partition coefficient (Wildman–Crippen LogP) is 5.68. The molecule has 1 heterocycles. The van der Waals surface area contributed by atoms with Gasteiger partial charge in [0.2, 0.25) is 0 Å². The van der Waals surface area contributed by atoms with Gasteiger partial charge < -0.3 is 9.42 Å². The number of ketones is 1. The van der Waals surface area contributed by atoms with Crippen molar-refractivity contribution in [3.63, 3.8) is 0 Å². The number of hydrogen-bond donors (Lipinski definition) is 0. The second-order valence-electron chi connectivity index (χ2n) is 9.00. The first kappa shape index (κ1) is 21.1. The number of carbonyl (C=O) groups excluding carboxylic acids is 1. The maximum Gasteiger partial charge on any atom is 0.257 e. The van der Waals surface area contributed by atoms with Gasteiger partial charge in [0, 0.05) is 17.5 Å². The normalized spacial score (nSPS) is 17.2. The molecule has 0 saturated heterocycles. The second-order valence-corrected chi connectivity index (χ2v) is 9.00. The molecule has 0 radical (unpaired) electrons. The van der Waals surface area contributed by atoms with Crippen LogP contribution in [0.4, 0.5) is 0 Å². The average Bonchev–Trinajstić information content (AvgIpc) is 3.45. The van der Waals surface area contributed by atoms with Crippen LogP contribution < -0.4 is 0 Å². The molecule has 1 unspecified atom stereocenters. The summed E-state index contributed by atoms with van der Waals surface area (Å²) in [5, 5.41) is 3.79. The Morgan fingerprint density at radius 3 is 2.72 bits per heavy atom. The fraction of sp³-hybridized carbons (Fsp3) is 0.444. The summed E-state index contributed by atoms with van der Waals surface area (Å²) in [5.41, 5.74) is 8.41. The number of carbonyl (C=O) groups is 1. The Balaban J connectivity index is 1.57. The number of Topliss-reactive ketones (excluding diaryl/α,β-unsaturated/α-hetero) is 1. The SMILES string of the molecule is CCN(CC)CCCC1CCc2ccc3c(c2-c2cc(-c4ncno4)ccc21)CCC3=O. The van der Waals surface area contributed by atoms with E-state index in [4.69, 9.17) is 4.52 Å². The van der Waals surface area contributed by atoms with Crippen LogP contribution in [0.3, 0.4) is 0 Å². The Morgan fingerprint density at radius 2 is 1.94 bits per heavy atom. The van der Waals surface area contributed by atoms with E-state index in [1.807, 2.05) is 0 Å². The Kier molecular flexibility index (Phi) is 5.92. The van der Waals surface area contributed by atoms with Crippen molar-refractivity contribution in [3.05, 3.63) is 58.9 Å². The van der Waals surface area contributed by atoms with E-state index in [0.29, 0.717) is 18.2 Å². The van der Waals surface area contributed by atoms with Crippen LogP contribution in [-0.2, 0) is 12.8 Å². The molecule has 2 aliphatic carbocycles. The lowest BCUT2D eigenvalue weighted by Crippen LogP contribution is -2.24. The number of benzene rings is 2. The summed E-state index contributed by atoms with van der Waals surface area (Å²) in [6.07, 6.45) is 7.48. The van der Waals surface area contributed by atoms with E-state index in [1.54, 1.807) is 0 Å². The van der Waals surface area contributed by atoms with E-state index in [9.17, 15) is 4.79 Å². The van der Waals surface area contributed by atoms with E-state index in [-0.39, 0.29) is 5.78 Å². The summed E-state index contributed by atoms with van der Waals surface area (Å²) in [6, 6.07) is 10.9. The molecule has 0 amide bonds. The van der Waals surface area contributed by atoms with Gasteiger partial charge >= 0.3 is 0 Å². The summed E-state index contributed by atoms with van der Waals surface area (Å²) in [4.78, 5) is 19.3. The molecule has 5 rings (SSSR count). The highest BCUT2D eigenvalue weighted by molar-refractivity contribution is 6.03. The smallest absolute Gasteiger partial charge is 0.257 e. The topological polar surface area (TPSA) is 59.2 Å². The van der Waals surface area contributed by atoms with Crippen LogP contribution >= 0.6 is 0 Å². The van der Waals surface area contributed by atoms with Crippen molar-refractivity contribution < 1.29 is 9.32 Å². The Morgan fingerprint density at radius 1 is 1.06 bits per heavy atom. The summed E-state index contributed by atoms with van der Waals surface area (Å²) in [5.74, 6) is 1.33. The van der Waals surface area contributed by atoms with Crippen molar-refractivity contribution >= 4 is 5.78 Å². The molecule has 0 bridgehead atoms. The lowest BCUT2D eigenvalue weighted by molar-refractivity contribution is 0.0994. The molecule has 0 fully saturated rings. The third-order valence-corrected chi connectivity index (χ3v) is 7.36. The lowest BCUT2D eigenvalue weighted by Gasteiger charge is -2.22. The second kappa shape index (κ2) is 8.99. The van der Waals surface area contributed by atoms with Gasteiger partial charge in [0.1, 0.15) is 0 Å². The molecule has 2 aromatic carbocycles. The molecule has 0 N–H and O–H groups in total. The lowest BCUT2D eigenvalue weighted by atomic mass is 9.85. The number of aromatic nitrogens is 2. The van der Waals surface area contributed by atoms with Gasteiger partial charge in [0.25, 0.3) is 5.89 Å². The molecule has 5 nitrogen and oxygen atoms in total. The number of aryl methyl sites for hydroxylation is 1. The molecule has 0 spiro atoms. The Labute approximate surface area is 189 Å². The van der Waals surface area contributed by atoms with Crippen LogP contribution in [0.5, 0.6) is 0 Å². The van der Waals surface area contributed by atoms with Crippen molar-refractivity contribution in [1.82, 2.24) is 15.0 Å². The highest BCUT2D eigenvalue weighted by atomic mass is 16.5. The van der Waals surface area contributed by atoms with Gasteiger partial charge in [-0.15, -0.1) is 0 Å². The van der Waals surface area contributed by atoms with Crippen LogP contribution in [0.25, 0.3) is 22.6 Å². The maximum absolute atomic E-state index is 12.5. The van der Waals surface area contributed by atoms with Crippen LogP contribution in [0.2, 0.25) is 0 Å². The van der Waals surface area contributed by atoms with Crippen molar-refractivity contribution in [2.24, 2.45) is 0 Å². The van der Waals surface area contributed by atoms with Gasteiger partial charge in [-0.3, -0.25) is 4.79 Å². The molecule has 0 saturated carbocycles. The number of rotatable bonds is 7. The predicted molar refractivity (Wildman–Crippen MR) is 126 cm³/mol. The molecule has 166 valence electrons. The fourth-order valence-corrected chi connectivity index (χ4v) is 5.58. The monoisotopic (exact) mass is 429 g/mol. The zero-order valence-corrected chi connectivity index (χ0v) is 19.1. The van der Waals surface area contributed by atoms with E-state index >= 15 is 0 Å². The minimum absolute atomic E-state index is 0.275. The number of hydrogen-bond acceptors (Lipinski definition) is 5.